The Labute approximate surface area is 72.0 Å². The maximum atomic E-state index is 10.8. The smallest absolute Gasteiger partial charge is 0.335 e. The summed E-state index contributed by atoms with van der Waals surface area (Å²) < 4.78 is 4.95. The molecule has 3 nitrogen and oxygen atoms in total. The number of rotatable bonds is 3. The second-order valence-electron chi connectivity index (χ2n) is 3.23. The van der Waals surface area contributed by atoms with Crippen LogP contribution in [0.1, 0.15) is 19.8 Å². The summed E-state index contributed by atoms with van der Waals surface area (Å²) in [6.45, 7) is 5.59. The van der Waals surface area contributed by atoms with Crippen LogP contribution < -0.4 is 0 Å². The minimum Gasteiger partial charge on any atom is -0.460 e. The van der Waals surface area contributed by atoms with Crippen LogP contribution in [-0.2, 0) is 9.53 Å². The molecule has 1 N–H and O–H groups in total. The summed E-state index contributed by atoms with van der Waals surface area (Å²) >= 11 is 0. The van der Waals surface area contributed by atoms with E-state index in [1.807, 2.05) is 6.92 Å². The summed E-state index contributed by atoms with van der Waals surface area (Å²) in [6.07, 6.45) is 1.98. The maximum Gasteiger partial charge on any atom is 0.335 e. The van der Waals surface area contributed by atoms with E-state index in [0.29, 0.717) is 6.42 Å². The van der Waals surface area contributed by atoms with Crippen LogP contribution in [-0.4, -0.2) is 23.3 Å². The van der Waals surface area contributed by atoms with E-state index in [9.17, 15) is 4.79 Å². The Hall–Kier alpha value is -0.830. The molecule has 1 aliphatic rings. The van der Waals surface area contributed by atoms with Gasteiger partial charge in [-0.05, 0) is 12.3 Å². The fraction of sp³-hybridized carbons (Fsp3) is 0.667. The first-order valence-corrected chi connectivity index (χ1v) is 4.14. The van der Waals surface area contributed by atoms with Crippen LogP contribution in [0.3, 0.4) is 0 Å². The summed E-state index contributed by atoms with van der Waals surface area (Å²) in [4.78, 5) is 10.8. The van der Waals surface area contributed by atoms with Gasteiger partial charge in [0.1, 0.15) is 6.10 Å². The minimum absolute atomic E-state index is 0.134. The van der Waals surface area contributed by atoms with E-state index < -0.39 is 12.1 Å². The number of ether oxygens (including phenoxy) is 1. The molecule has 3 atom stereocenters. The van der Waals surface area contributed by atoms with Gasteiger partial charge in [0.15, 0.2) is 6.10 Å². The van der Waals surface area contributed by atoms with Gasteiger partial charge in [0.25, 0.3) is 0 Å². The number of hydrogen-bond acceptors (Lipinski definition) is 3. The summed E-state index contributed by atoms with van der Waals surface area (Å²) in [7, 11) is 0. The number of aliphatic hydroxyl groups is 1. The largest absolute Gasteiger partial charge is 0.460 e. The topological polar surface area (TPSA) is 46.5 Å². The van der Waals surface area contributed by atoms with E-state index in [2.05, 4.69) is 6.58 Å². The molecule has 68 valence electrons. The van der Waals surface area contributed by atoms with Crippen molar-refractivity contribution in [2.75, 3.05) is 0 Å². The molecule has 0 amide bonds. The van der Waals surface area contributed by atoms with Crippen molar-refractivity contribution in [1.82, 2.24) is 0 Å². The molecule has 3 heteroatoms. The third-order valence-corrected chi connectivity index (χ3v) is 2.17. The molecule has 0 aliphatic carbocycles. The highest BCUT2D eigenvalue weighted by Gasteiger charge is 2.35. The lowest BCUT2D eigenvalue weighted by atomic mass is 9.98. The molecular weight excluding hydrogens is 156 g/mol. The second kappa shape index (κ2) is 3.72. The number of hydrogen-bond donors (Lipinski definition) is 1. The quantitative estimate of drug-likeness (QED) is 0.505. The molecule has 1 saturated heterocycles. The number of cyclic esters (lactones) is 1. The Morgan fingerprint density at radius 1 is 1.92 bits per heavy atom. The Balaban J connectivity index is 2.45. The molecule has 0 radical (unpaired) electrons. The molecule has 0 aromatic rings. The van der Waals surface area contributed by atoms with Gasteiger partial charge >= 0.3 is 5.97 Å². The van der Waals surface area contributed by atoms with Crippen LogP contribution >= 0.6 is 0 Å². The molecule has 0 saturated carbocycles. The highest BCUT2D eigenvalue weighted by molar-refractivity contribution is 5.76. The highest BCUT2D eigenvalue weighted by atomic mass is 16.6. The van der Waals surface area contributed by atoms with E-state index in [0.717, 1.165) is 6.42 Å². The van der Waals surface area contributed by atoms with Crippen LogP contribution in [0.15, 0.2) is 12.7 Å². The number of allylic oxidation sites excluding steroid dienone is 1. The predicted molar refractivity (Wildman–Crippen MR) is 44.5 cm³/mol. The summed E-state index contributed by atoms with van der Waals surface area (Å²) in [5, 5.41) is 9.08. The van der Waals surface area contributed by atoms with Gasteiger partial charge in [0, 0.05) is 6.42 Å². The fourth-order valence-electron chi connectivity index (χ4n) is 1.36. The molecule has 12 heavy (non-hydrogen) atoms. The standard InChI is InChI=1S/C9H14O3/c1-3-4-6(2)8-5-7(10)9(11)12-8/h3,6-8,10H,1,4-5H2,2H3. The van der Waals surface area contributed by atoms with Crippen molar-refractivity contribution in [3.05, 3.63) is 12.7 Å². The van der Waals surface area contributed by atoms with Gasteiger partial charge in [-0.3, -0.25) is 0 Å². The van der Waals surface area contributed by atoms with Crippen LogP contribution in [0.4, 0.5) is 0 Å². The Kier molecular flexibility index (Phi) is 2.87. The lowest BCUT2D eigenvalue weighted by Gasteiger charge is -2.15. The summed E-state index contributed by atoms with van der Waals surface area (Å²) in [5.74, 6) is -0.237. The average Bonchev–Trinajstić information content (AvgIpc) is 2.33. The predicted octanol–water partition coefficient (Wildman–Crippen LogP) is 0.875. The molecule has 1 fully saturated rings. The number of carbonyl (C=O) groups excluding carboxylic acids is 1. The van der Waals surface area contributed by atoms with Gasteiger partial charge in [0.05, 0.1) is 0 Å². The molecule has 1 aliphatic heterocycles. The molecule has 3 unspecified atom stereocenters. The first kappa shape index (κ1) is 9.26. The van der Waals surface area contributed by atoms with Crippen molar-refractivity contribution in [3.63, 3.8) is 0 Å². The third kappa shape index (κ3) is 1.85. The summed E-state index contributed by atoms with van der Waals surface area (Å²) in [5.41, 5.74) is 0. The second-order valence-corrected chi connectivity index (χ2v) is 3.23. The van der Waals surface area contributed by atoms with Gasteiger partial charge in [-0.1, -0.05) is 13.0 Å². The SMILES string of the molecule is C=CCC(C)C1CC(O)C(=O)O1. The summed E-state index contributed by atoms with van der Waals surface area (Å²) in [6, 6.07) is 0. The van der Waals surface area contributed by atoms with E-state index in [1.54, 1.807) is 6.08 Å². The number of esters is 1. The third-order valence-electron chi connectivity index (χ3n) is 2.17. The lowest BCUT2D eigenvalue weighted by molar-refractivity contribution is -0.148. The van der Waals surface area contributed by atoms with Crippen molar-refractivity contribution in [1.29, 1.82) is 0 Å². The van der Waals surface area contributed by atoms with Crippen LogP contribution in [0.25, 0.3) is 0 Å². The Bertz CT molecular complexity index is 188. The fourth-order valence-corrected chi connectivity index (χ4v) is 1.36. The molecule has 0 aromatic heterocycles. The number of carbonyl (C=O) groups is 1. The monoisotopic (exact) mass is 170 g/mol. The van der Waals surface area contributed by atoms with E-state index in [1.165, 1.54) is 0 Å². The molecule has 1 heterocycles. The van der Waals surface area contributed by atoms with E-state index >= 15 is 0 Å². The first-order chi connectivity index (χ1) is 5.65. The Morgan fingerprint density at radius 2 is 2.58 bits per heavy atom. The molecule has 1 rings (SSSR count). The van der Waals surface area contributed by atoms with Crippen molar-refractivity contribution in [2.45, 2.75) is 32.0 Å². The van der Waals surface area contributed by atoms with Crippen LogP contribution in [0.5, 0.6) is 0 Å². The lowest BCUT2D eigenvalue weighted by Crippen LogP contribution is -2.16. The van der Waals surface area contributed by atoms with Crippen molar-refractivity contribution < 1.29 is 14.6 Å². The van der Waals surface area contributed by atoms with Gasteiger partial charge < -0.3 is 9.84 Å². The zero-order valence-corrected chi connectivity index (χ0v) is 7.19. The minimum atomic E-state index is -0.915. The van der Waals surface area contributed by atoms with Gasteiger partial charge in [0.2, 0.25) is 0 Å². The number of aliphatic hydroxyl groups excluding tert-OH is 1. The Morgan fingerprint density at radius 3 is 3.00 bits per heavy atom. The molecule has 0 spiro atoms. The van der Waals surface area contributed by atoms with Crippen molar-refractivity contribution in [2.24, 2.45) is 5.92 Å². The van der Waals surface area contributed by atoms with E-state index in [4.69, 9.17) is 9.84 Å². The van der Waals surface area contributed by atoms with E-state index in [-0.39, 0.29) is 12.0 Å². The highest BCUT2D eigenvalue weighted by Crippen LogP contribution is 2.23. The van der Waals surface area contributed by atoms with Crippen molar-refractivity contribution >= 4 is 5.97 Å². The molecule has 0 bridgehead atoms. The first-order valence-electron chi connectivity index (χ1n) is 4.14. The maximum absolute atomic E-state index is 10.8. The zero-order chi connectivity index (χ0) is 9.14. The van der Waals surface area contributed by atoms with Gasteiger partial charge in [-0.15, -0.1) is 6.58 Å². The normalized spacial score (nSPS) is 31.3. The van der Waals surface area contributed by atoms with Crippen LogP contribution in [0, 0.1) is 5.92 Å². The van der Waals surface area contributed by atoms with Crippen LogP contribution in [0.2, 0.25) is 0 Å². The van der Waals surface area contributed by atoms with Gasteiger partial charge in [-0.25, -0.2) is 4.79 Å². The van der Waals surface area contributed by atoms with Gasteiger partial charge in [-0.2, -0.15) is 0 Å². The molecular formula is C9H14O3. The van der Waals surface area contributed by atoms with Crippen molar-refractivity contribution in [3.8, 4) is 0 Å². The average molecular weight is 170 g/mol. The zero-order valence-electron chi connectivity index (χ0n) is 7.19. The molecule has 0 aromatic carbocycles.